The summed E-state index contributed by atoms with van der Waals surface area (Å²) >= 11 is 6.41. The van der Waals surface area contributed by atoms with Gasteiger partial charge in [-0.3, -0.25) is 0 Å². The topological polar surface area (TPSA) is 27.1 Å². The molecule has 0 aliphatic carbocycles. The minimum atomic E-state index is -0.0947. The van der Waals surface area contributed by atoms with E-state index in [0.29, 0.717) is 6.04 Å². The van der Waals surface area contributed by atoms with Crippen LogP contribution in [0.3, 0.4) is 0 Å². The van der Waals surface area contributed by atoms with E-state index in [2.05, 4.69) is 43.5 Å². The normalized spacial score (nSPS) is 23.4. The van der Waals surface area contributed by atoms with Crippen LogP contribution in [0.5, 0.6) is 0 Å². The number of benzene rings is 1. The summed E-state index contributed by atoms with van der Waals surface area (Å²) in [6.45, 7) is 9.26. The summed E-state index contributed by atoms with van der Waals surface area (Å²) in [6, 6.07) is 6.68. The number of hydrogen-bond donors (Lipinski definition) is 0. The Hall–Kier alpha value is -1.06. The van der Waals surface area contributed by atoms with Gasteiger partial charge in [-0.25, -0.2) is 4.98 Å². The number of rotatable bonds is 2. The molecule has 3 rings (SSSR count). The van der Waals surface area contributed by atoms with Gasteiger partial charge in [0.2, 0.25) is 0 Å². The molecule has 3 nitrogen and oxygen atoms in total. The summed E-state index contributed by atoms with van der Waals surface area (Å²) in [4.78, 5) is 4.79. The summed E-state index contributed by atoms with van der Waals surface area (Å²) in [6.07, 6.45) is 2.00. The van der Waals surface area contributed by atoms with E-state index < -0.39 is 0 Å². The van der Waals surface area contributed by atoms with Gasteiger partial charge in [-0.2, -0.15) is 0 Å². The Labute approximate surface area is 131 Å². The van der Waals surface area contributed by atoms with Gasteiger partial charge in [0.25, 0.3) is 0 Å². The summed E-state index contributed by atoms with van der Waals surface area (Å²) in [7, 11) is 0. The van der Waals surface area contributed by atoms with Gasteiger partial charge in [-0.15, -0.1) is 11.6 Å². The maximum Gasteiger partial charge on any atom is 0.127 e. The van der Waals surface area contributed by atoms with E-state index in [1.165, 1.54) is 11.1 Å². The molecule has 2 aromatic rings. The van der Waals surface area contributed by atoms with Crippen molar-refractivity contribution in [2.45, 2.75) is 57.6 Å². The number of imidazole rings is 1. The van der Waals surface area contributed by atoms with Gasteiger partial charge in [0.1, 0.15) is 5.82 Å². The van der Waals surface area contributed by atoms with Crippen molar-refractivity contribution in [3.63, 3.8) is 0 Å². The van der Waals surface area contributed by atoms with Crippen LogP contribution in [0.2, 0.25) is 0 Å². The molecule has 1 aliphatic rings. The first-order valence-corrected chi connectivity index (χ1v) is 8.08. The molecule has 4 heteroatoms. The van der Waals surface area contributed by atoms with Crippen molar-refractivity contribution in [1.29, 1.82) is 0 Å². The van der Waals surface area contributed by atoms with E-state index in [1.807, 2.05) is 6.92 Å². The quantitative estimate of drug-likeness (QED) is 0.747. The van der Waals surface area contributed by atoms with Crippen molar-refractivity contribution < 1.29 is 4.74 Å². The highest BCUT2D eigenvalue weighted by atomic mass is 35.5. The molecular weight excluding hydrogens is 284 g/mol. The maximum atomic E-state index is 6.41. The third-order valence-electron chi connectivity index (χ3n) is 4.33. The molecule has 2 heterocycles. The van der Waals surface area contributed by atoms with Gasteiger partial charge in [0.05, 0.1) is 22.0 Å². The average molecular weight is 307 g/mol. The van der Waals surface area contributed by atoms with Gasteiger partial charge in [-0.05, 0) is 52.2 Å². The predicted octanol–water partition coefficient (Wildman–Crippen LogP) is 4.77. The highest BCUT2D eigenvalue weighted by Gasteiger charge is 2.32. The van der Waals surface area contributed by atoms with Crippen molar-refractivity contribution >= 4 is 22.6 Å². The summed E-state index contributed by atoms with van der Waals surface area (Å²) in [5.74, 6) is 0.976. The van der Waals surface area contributed by atoms with Gasteiger partial charge >= 0.3 is 0 Å². The fourth-order valence-electron chi connectivity index (χ4n) is 3.41. The van der Waals surface area contributed by atoms with Crippen molar-refractivity contribution in [2.75, 3.05) is 6.61 Å². The molecule has 1 aromatic carbocycles. The Bertz CT molecular complexity index is 660. The number of aromatic nitrogens is 2. The molecule has 0 bridgehead atoms. The summed E-state index contributed by atoms with van der Waals surface area (Å²) in [5, 5.41) is -0.0947. The van der Waals surface area contributed by atoms with Gasteiger partial charge in [0, 0.05) is 12.6 Å². The van der Waals surface area contributed by atoms with Crippen molar-refractivity contribution in [3.8, 4) is 0 Å². The van der Waals surface area contributed by atoms with Crippen LogP contribution in [0.25, 0.3) is 11.0 Å². The van der Waals surface area contributed by atoms with Crippen molar-refractivity contribution in [2.24, 2.45) is 0 Å². The highest BCUT2D eigenvalue weighted by molar-refractivity contribution is 6.20. The smallest absolute Gasteiger partial charge is 0.127 e. The second-order valence-corrected chi connectivity index (χ2v) is 7.31. The monoisotopic (exact) mass is 306 g/mol. The molecule has 21 heavy (non-hydrogen) atoms. The molecule has 0 radical (unpaired) electrons. The van der Waals surface area contributed by atoms with Crippen molar-refractivity contribution in [1.82, 2.24) is 9.55 Å². The van der Waals surface area contributed by atoms with Crippen LogP contribution in [-0.2, 0) is 4.74 Å². The lowest BCUT2D eigenvalue weighted by Crippen LogP contribution is -2.35. The van der Waals surface area contributed by atoms with E-state index >= 15 is 0 Å². The molecule has 0 saturated carbocycles. The zero-order chi connectivity index (χ0) is 15.2. The Kier molecular flexibility index (Phi) is 3.74. The van der Waals surface area contributed by atoms with Crippen LogP contribution < -0.4 is 0 Å². The van der Waals surface area contributed by atoms with E-state index in [1.54, 1.807) is 0 Å². The number of halogens is 1. The van der Waals surface area contributed by atoms with Gasteiger partial charge in [0.15, 0.2) is 0 Å². The lowest BCUT2D eigenvalue weighted by molar-refractivity contribution is -0.0688. The molecule has 114 valence electrons. The fraction of sp³-hybridized carbons (Fsp3) is 0.588. The Morgan fingerprint density at radius 3 is 2.86 bits per heavy atom. The number of alkyl halides is 1. The first-order valence-electron chi connectivity index (χ1n) is 7.64. The lowest BCUT2D eigenvalue weighted by atomic mass is 9.93. The Balaban J connectivity index is 2.17. The van der Waals surface area contributed by atoms with Crippen LogP contribution in [0.4, 0.5) is 0 Å². The zero-order valence-corrected chi connectivity index (χ0v) is 13.9. The molecular formula is C17H23ClN2O. The molecule has 2 atom stereocenters. The molecule has 1 fully saturated rings. The standard InChI is InChI=1S/C17H23ClN2O/c1-11-6-5-7-14-15(11)20(16(19-14)12(2)18)13-8-9-21-17(3,4)10-13/h5-7,12-13H,8-10H2,1-4H3. The maximum absolute atomic E-state index is 6.41. The van der Waals surface area contributed by atoms with Gasteiger partial charge < -0.3 is 9.30 Å². The summed E-state index contributed by atoms with van der Waals surface area (Å²) < 4.78 is 8.24. The lowest BCUT2D eigenvalue weighted by Gasteiger charge is -2.37. The zero-order valence-electron chi connectivity index (χ0n) is 13.2. The second-order valence-electron chi connectivity index (χ2n) is 6.65. The fourth-order valence-corrected chi connectivity index (χ4v) is 3.56. The Morgan fingerprint density at radius 1 is 1.43 bits per heavy atom. The highest BCUT2D eigenvalue weighted by Crippen LogP contribution is 2.38. The predicted molar refractivity (Wildman–Crippen MR) is 87.0 cm³/mol. The molecule has 0 N–H and O–H groups in total. The minimum absolute atomic E-state index is 0.0883. The number of fused-ring (bicyclic) bond motifs is 1. The van der Waals surface area contributed by atoms with Crippen LogP contribution >= 0.6 is 11.6 Å². The van der Waals surface area contributed by atoms with E-state index in [4.69, 9.17) is 21.3 Å². The number of ether oxygens (including phenoxy) is 1. The molecule has 1 aromatic heterocycles. The van der Waals surface area contributed by atoms with Gasteiger partial charge in [-0.1, -0.05) is 12.1 Å². The summed E-state index contributed by atoms with van der Waals surface area (Å²) in [5.41, 5.74) is 3.44. The molecule has 1 aliphatic heterocycles. The van der Waals surface area contributed by atoms with E-state index in [-0.39, 0.29) is 11.0 Å². The first-order chi connectivity index (χ1) is 9.89. The molecule has 0 spiro atoms. The third-order valence-corrected chi connectivity index (χ3v) is 4.53. The largest absolute Gasteiger partial charge is 0.375 e. The van der Waals surface area contributed by atoms with Crippen LogP contribution in [0.15, 0.2) is 18.2 Å². The van der Waals surface area contributed by atoms with Crippen LogP contribution in [-0.4, -0.2) is 21.8 Å². The SMILES string of the molecule is Cc1cccc2nc(C(C)Cl)n(C3CCOC(C)(C)C3)c12. The Morgan fingerprint density at radius 2 is 2.19 bits per heavy atom. The van der Waals surface area contributed by atoms with Crippen LogP contribution in [0.1, 0.15) is 56.4 Å². The first kappa shape index (κ1) is 14.9. The number of nitrogens with zero attached hydrogens (tertiary/aromatic N) is 2. The number of hydrogen-bond acceptors (Lipinski definition) is 2. The van der Waals surface area contributed by atoms with E-state index in [9.17, 15) is 0 Å². The second kappa shape index (κ2) is 5.29. The third kappa shape index (κ3) is 2.69. The molecule has 2 unspecified atom stereocenters. The van der Waals surface area contributed by atoms with Crippen LogP contribution in [0, 0.1) is 6.92 Å². The van der Waals surface area contributed by atoms with Crippen molar-refractivity contribution in [3.05, 3.63) is 29.6 Å². The number of para-hydroxylation sites is 1. The number of aryl methyl sites for hydroxylation is 1. The minimum Gasteiger partial charge on any atom is -0.375 e. The average Bonchev–Trinajstić information content (AvgIpc) is 2.78. The molecule has 1 saturated heterocycles. The molecule has 0 amide bonds. The van der Waals surface area contributed by atoms with E-state index in [0.717, 1.165) is 30.8 Å².